The number of sulfonamides is 1. The van der Waals surface area contributed by atoms with Gasteiger partial charge in [-0.2, -0.15) is 4.31 Å². The summed E-state index contributed by atoms with van der Waals surface area (Å²) in [5.41, 5.74) is 0.793. The molecule has 180 valence electrons. The second kappa shape index (κ2) is 12.2. The molecule has 9 nitrogen and oxygen atoms in total. The van der Waals surface area contributed by atoms with Gasteiger partial charge in [-0.1, -0.05) is 25.1 Å². The minimum atomic E-state index is -3.54. The molecule has 1 aromatic heterocycles. The summed E-state index contributed by atoms with van der Waals surface area (Å²) in [7, 11) is -3.54. The highest BCUT2D eigenvalue weighted by atomic mass is 32.2. The fourth-order valence-electron chi connectivity index (χ4n) is 3.31. The van der Waals surface area contributed by atoms with Gasteiger partial charge >= 0.3 is 0 Å². The molecular formula is C22H30N4O5S2. The van der Waals surface area contributed by atoms with Crippen LogP contribution in [0.3, 0.4) is 0 Å². The number of ether oxygens (including phenoxy) is 1. The lowest BCUT2D eigenvalue weighted by Crippen LogP contribution is -2.42. The van der Waals surface area contributed by atoms with Gasteiger partial charge in [-0.25, -0.2) is 8.42 Å². The lowest BCUT2D eigenvalue weighted by molar-refractivity contribution is -0.125. The molecule has 0 aliphatic carbocycles. The van der Waals surface area contributed by atoms with Gasteiger partial charge in [-0.05, 0) is 35.7 Å². The topological polar surface area (TPSA) is 108 Å². The molecule has 0 bridgehead atoms. The van der Waals surface area contributed by atoms with Crippen LogP contribution in [0.25, 0.3) is 0 Å². The lowest BCUT2D eigenvalue weighted by atomic mass is 10.2. The predicted molar refractivity (Wildman–Crippen MR) is 126 cm³/mol. The van der Waals surface area contributed by atoms with Gasteiger partial charge in [-0.15, -0.1) is 11.3 Å². The summed E-state index contributed by atoms with van der Waals surface area (Å²) >= 11 is 1.58. The van der Waals surface area contributed by atoms with Gasteiger partial charge in [0.25, 0.3) is 0 Å². The molecule has 0 radical (unpaired) electrons. The molecule has 1 aliphatic rings. The molecule has 1 aliphatic heterocycles. The summed E-state index contributed by atoms with van der Waals surface area (Å²) in [5.74, 6) is -0.331. The number of hydrogen-bond donors (Lipinski definition) is 2. The van der Waals surface area contributed by atoms with Crippen molar-refractivity contribution in [1.82, 2.24) is 19.8 Å². The second-order valence-electron chi connectivity index (χ2n) is 7.60. The fraction of sp³-hybridized carbons (Fsp3) is 0.455. The number of rotatable bonds is 11. The Bertz CT molecular complexity index is 1000. The first-order valence-electron chi connectivity index (χ1n) is 10.8. The van der Waals surface area contributed by atoms with E-state index in [0.717, 1.165) is 10.4 Å². The van der Waals surface area contributed by atoms with E-state index in [1.165, 1.54) is 4.31 Å². The van der Waals surface area contributed by atoms with Crippen LogP contribution in [0.2, 0.25) is 0 Å². The highest BCUT2D eigenvalue weighted by Crippen LogP contribution is 2.17. The van der Waals surface area contributed by atoms with E-state index in [0.29, 0.717) is 39.4 Å². The molecule has 0 atom stereocenters. The first-order chi connectivity index (χ1) is 15.9. The van der Waals surface area contributed by atoms with Crippen LogP contribution in [-0.2, 0) is 37.4 Å². The van der Waals surface area contributed by atoms with Crippen LogP contribution in [0.5, 0.6) is 0 Å². The molecule has 2 amide bonds. The quantitative estimate of drug-likeness (QED) is 0.483. The Morgan fingerprint density at radius 2 is 1.67 bits per heavy atom. The highest BCUT2D eigenvalue weighted by molar-refractivity contribution is 7.89. The van der Waals surface area contributed by atoms with Crippen molar-refractivity contribution >= 4 is 33.2 Å². The van der Waals surface area contributed by atoms with Crippen molar-refractivity contribution in [3.8, 4) is 0 Å². The predicted octanol–water partition coefficient (Wildman–Crippen LogP) is 1.02. The number of carbonyl (C=O) groups excluding carboxylic acids is 2. The molecule has 0 saturated carbocycles. The van der Waals surface area contributed by atoms with Crippen LogP contribution < -0.4 is 10.6 Å². The van der Waals surface area contributed by atoms with Gasteiger partial charge in [0.15, 0.2) is 0 Å². The van der Waals surface area contributed by atoms with Crippen LogP contribution in [-0.4, -0.2) is 75.4 Å². The second-order valence-corrected chi connectivity index (χ2v) is 10.6. The number of morpholine rings is 1. The molecule has 3 rings (SSSR count). The van der Waals surface area contributed by atoms with E-state index in [2.05, 4.69) is 10.6 Å². The fourth-order valence-corrected chi connectivity index (χ4v) is 5.36. The molecule has 0 unspecified atom stereocenters. The first kappa shape index (κ1) is 25.3. The van der Waals surface area contributed by atoms with E-state index < -0.39 is 10.0 Å². The van der Waals surface area contributed by atoms with Gasteiger partial charge in [0.05, 0.1) is 37.7 Å². The van der Waals surface area contributed by atoms with Crippen molar-refractivity contribution in [3.63, 3.8) is 0 Å². The van der Waals surface area contributed by atoms with Crippen molar-refractivity contribution in [2.24, 2.45) is 0 Å². The van der Waals surface area contributed by atoms with Crippen LogP contribution in [0.15, 0.2) is 46.7 Å². The molecule has 33 heavy (non-hydrogen) atoms. The van der Waals surface area contributed by atoms with Crippen LogP contribution in [0.1, 0.15) is 17.4 Å². The summed E-state index contributed by atoms with van der Waals surface area (Å²) in [6.45, 7) is 4.95. The summed E-state index contributed by atoms with van der Waals surface area (Å²) < 4.78 is 32.0. The Morgan fingerprint density at radius 3 is 2.24 bits per heavy atom. The monoisotopic (exact) mass is 494 g/mol. The number of amides is 2. The SMILES string of the molecule is CCN(CC(=O)NCc1ccc(S(=O)(=O)N2CCOCC2)cc1)CC(=O)NCc1cccs1. The summed E-state index contributed by atoms with van der Waals surface area (Å²) in [5, 5.41) is 7.65. The molecule has 0 spiro atoms. The molecule has 11 heteroatoms. The third-order valence-corrected chi connectivity index (χ3v) is 8.03. The zero-order valence-electron chi connectivity index (χ0n) is 18.7. The molecule has 1 aromatic carbocycles. The maximum Gasteiger partial charge on any atom is 0.243 e. The Kier molecular flexibility index (Phi) is 9.39. The van der Waals surface area contributed by atoms with Gasteiger partial charge in [0.2, 0.25) is 21.8 Å². The van der Waals surface area contributed by atoms with E-state index in [1.54, 1.807) is 40.5 Å². The van der Waals surface area contributed by atoms with E-state index >= 15 is 0 Å². The number of nitrogens with one attached hydrogen (secondary N) is 2. The van der Waals surface area contributed by atoms with Gasteiger partial charge < -0.3 is 15.4 Å². The molecular weight excluding hydrogens is 464 g/mol. The number of likely N-dealkylation sites (N-methyl/N-ethyl adjacent to an activating group) is 1. The maximum absolute atomic E-state index is 12.7. The van der Waals surface area contributed by atoms with Crippen LogP contribution >= 0.6 is 11.3 Å². The number of hydrogen-bond acceptors (Lipinski definition) is 7. The molecule has 1 fully saturated rings. The van der Waals surface area contributed by atoms with Crippen molar-refractivity contribution < 1.29 is 22.7 Å². The van der Waals surface area contributed by atoms with E-state index in [-0.39, 0.29) is 36.3 Å². The molecule has 2 heterocycles. The Labute approximate surface area is 198 Å². The highest BCUT2D eigenvalue weighted by Gasteiger charge is 2.26. The Hall–Kier alpha value is -2.31. The van der Waals surface area contributed by atoms with Crippen molar-refractivity contribution in [2.75, 3.05) is 45.9 Å². The van der Waals surface area contributed by atoms with Gasteiger partial charge in [-0.3, -0.25) is 14.5 Å². The minimum Gasteiger partial charge on any atom is -0.379 e. The maximum atomic E-state index is 12.7. The van der Waals surface area contributed by atoms with Crippen molar-refractivity contribution in [2.45, 2.75) is 24.9 Å². The Morgan fingerprint density at radius 1 is 1.03 bits per heavy atom. The summed E-state index contributed by atoms with van der Waals surface area (Å²) in [4.78, 5) is 27.6. The standard InChI is InChI=1S/C22H30N4O5S2/c1-2-25(17-22(28)24-15-19-4-3-13-32-19)16-21(27)23-14-18-5-7-20(8-6-18)33(29,30)26-9-11-31-12-10-26/h3-8,13H,2,9-12,14-17H2,1H3,(H,23,27)(H,24,28). The third-order valence-electron chi connectivity index (χ3n) is 5.24. The largest absolute Gasteiger partial charge is 0.379 e. The molecule has 1 saturated heterocycles. The average Bonchev–Trinajstić information content (AvgIpc) is 3.35. The molecule has 2 aromatic rings. The summed E-state index contributed by atoms with van der Waals surface area (Å²) in [6.07, 6.45) is 0. The van der Waals surface area contributed by atoms with Crippen LogP contribution in [0.4, 0.5) is 0 Å². The van der Waals surface area contributed by atoms with Crippen molar-refractivity contribution in [1.29, 1.82) is 0 Å². The van der Waals surface area contributed by atoms with Crippen molar-refractivity contribution in [3.05, 3.63) is 52.2 Å². The van der Waals surface area contributed by atoms with Gasteiger partial charge in [0.1, 0.15) is 0 Å². The number of nitrogens with zero attached hydrogens (tertiary/aromatic N) is 2. The minimum absolute atomic E-state index is 0.104. The smallest absolute Gasteiger partial charge is 0.243 e. The first-order valence-corrected chi connectivity index (χ1v) is 13.2. The summed E-state index contributed by atoms with van der Waals surface area (Å²) in [6, 6.07) is 10.4. The number of thiophene rings is 1. The zero-order valence-corrected chi connectivity index (χ0v) is 20.3. The Balaban J connectivity index is 1.43. The van der Waals surface area contributed by atoms with Gasteiger partial charge in [0, 0.05) is 24.5 Å². The van der Waals surface area contributed by atoms with E-state index in [1.807, 2.05) is 24.4 Å². The lowest BCUT2D eigenvalue weighted by Gasteiger charge is -2.26. The number of carbonyl (C=O) groups is 2. The zero-order chi connectivity index (χ0) is 23.7. The normalized spacial score (nSPS) is 14.8. The average molecular weight is 495 g/mol. The molecule has 2 N–H and O–H groups in total. The van der Waals surface area contributed by atoms with E-state index in [4.69, 9.17) is 4.74 Å². The van der Waals surface area contributed by atoms with Crippen LogP contribution in [0, 0.1) is 0 Å². The third kappa shape index (κ3) is 7.61. The van der Waals surface area contributed by atoms with E-state index in [9.17, 15) is 18.0 Å². The number of benzene rings is 1.